The SMILES string of the molecule is COc1ccccc1NC(=O)/C(C#N)=C/c1cc(Cl)c(OC(C)C)c(OC)c1. The highest BCUT2D eigenvalue weighted by atomic mass is 35.5. The molecule has 0 saturated heterocycles. The molecule has 7 heteroatoms. The van der Waals surface area contributed by atoms with Crippen molar-refractivity contribution in [3.63, 3.8) is 0 Å². The number of amides is 1. The van der Waals surface area contributed by atoms with Crippen LogP contribution < -0.4 is 19.5 Å². The maximum absolute atomic E-state index is 12.5. The average molecular weight is 401 g/mol. The first kappa shape index (κ1) is 21.1. The van der Waals surface area contributed by atoms with Crippen LogP contribution in [0.4, 0.5) is 5.69 Å². The van der Waals surface area contributed by atoms with E-state index in [4.69, 9.17) is 25.8 Å². The first-order valence-corrected chi connectivity index (χ1v) is 8.87. The van der Waals surface area contributed by atoms with Crippen molar-refractivity contribution in [2.24, 2.45) is 0 Å². The zero-order valence-corrected chi connectivity index (χ0v) is 16.8. The van der Waals surface area contributed by atoms with Gasteiger partial charge in [0.1, 0.15) is 17.4 Å². The predicted octanol–water partition coefficient (Wildman–Crippen LogP) is 4.69. The molecule has 6 nitrogen and oxygen atoms in total. The highest BCUT2D eigenvalue weighted by Crippen LogP contribution is 2.37. The fourth-order valence-corrected chi connectivity index (χ4v) is 2.69. The summed E-state index contributed by atoms with van der Waals surface area (Å²) in [4.78, 5) is 12.5. The summed E-state index contributed by atoms with van der Waals surface area (Å²) in [5.41, 5.74) is 0.902. The molecule has 0 atom stereocenters. The second kappa shape index (κ2) is 9.67. The Morgan fingerprint density at radius 3 is 2.46 bits per heavy atom. The van der Waals surface area contributed by atoms with Gasteiger partial charge in [0, 0.05) is 0 Å². The van der Waals surface area contributed by atoms with Crippen LogP contribution in [0.1, 0.15) is 19.4 Å². The Bertz CT molecular complexity index is 932. The van der Waals surface area contributed by atoms with Crippen LogP contribution in [0.5, 0.6) is 17.2 Å². The largest absolute Gasteiger partial charge is 0.495 e. The van der Waals surface area contributed by atoms with Crippen LogP contribution >= 0.6 is 11.6 Å². The molecule has 2 aromatic rings. The fraction of sp³-hybridized carbons (Fsp3) is 0.238. The smallest absolute Gasteiger partial charge is 0.266 e. The summed E-state index contributed by atoms with van der Waals surface area (Å²) in [5, 5.41) is 12.4. The maximum atomic E-state index is 12.5. The van der Waals surface area contributed by atoms with Crippen molar-refractivity contribution < 1.29 is 19.0 Å². The third kappa shape index (κ3) is 5.18. The van der Waals surface area contributed by atoms with Crippen molar-refractivity contribution in [1.82, 2.24) is 0 Å². The van der Waals surface area contributed by atoms with Crippen LogP contribution in [0.25, 0.3) is 6.08 Å². The molecule has 0 bridgehead atoms. The minimum atomic E-state index is -0.565. The summed E-state index contributed by atoms with van der Waals surface area (Å²) in [7, 11) is 2.99. The third-order valence-corrected chi connectivity index (χ3v) is 3.92. The molecule has 0 unspecified atom stereocenters. The molecular formula is C21H21ClN2O4. The lowest BCUT2D eigenvalue weighted by Crippen LogP contribution is -2.14. The molecule has 0 aliphatic rings. The van der Waals surface area contributed by atoms with Gasteiger partial charge in [-0.3, -0.25) is 4.79 Å². The zero-order valence-electron chi connectivity index (χ0n) is 16.1. The van der Waals surface area contributed by atoms with E-state index in [0.717, 1.165) is 0 Å². The van der Waals surface area contributed by atoms with E-state index in [1.165, 1.54) is 20.3 Å². The van der Waals surface area contributed by atoms with Crippen LogP contribution in [-0.4, -0.2) is 26.2 Å². The van der Waals surface area contributed by atoms with Gasteiger partial charge in [-0.15, -0.1) is 0 Å². The molecule has 0 saturated carbocycles. The molecule has 0 aromatic heterocycles. The first-order chi connectivity index (χ1) is 13.4. The van der Waals surface area contributed by atoms with E-state index in [1.807, 2.05) is 19.9 Å². The second-order valence-electron chi connectivity index (χ2n) is 6.02. The van der Waals surface area contributed by atoms with Crippen LogP contribution in [0, 0.1) is 11.3 Å². The Balaban J connectivity index is 2.34. The standard InChI is InChI=1S/C21H21ClN2O4/c1-13(2)28-20-16(22)10-14(11-19(20)27-4)9-15(12-23)21(25)24-17-7-5-6-8-18(17)26-3/h5-11,13H,1-4H3,(H,24,25)/b15-9+. The highest BCUT2D eigenvalue weighted by Gasteiger charge is 2.16. The molecule has 1 amide bonds. The van der Waals surface area contributed by atoms with E-state index in [9.17, 15) is 10.1 Å². The highest BCUT2D eigenvalue weighted by molar-refractivity contribution is 6.32. The quantitative estimate of drug-likeness (QED) is 0.538. The molecule has 146 valence electrons. The number of carbonyl (C=O) groups excluding carboxylic acids is 1. The van der Waals surface area contributed by atoms with Gasteiger partial charge in [0.05, 0.1) is 31.0 Å². The number of para-hydroxylation sites is 2. The van der Waals surface area contributed by atoms with E-state index >= 15 is 0 Å². The van der Waals surface area contributed by atoms with Gasteiger partial charge in [-0.1, -0.05) is 23.7 Å². The Labute approximate surface area is 169 Å². The minimum absolute atomic E-state index is 0.0888. The molecule has 0 fully saturated rings. The van der Waals surface area contributed by atoms with Crippen molar-refractivity contribution in [2.75, 3.05) is 19.5 Å². The fourth-order valence-electron chi connectivity index (χ4n) is 2.43. The van der Waals surface area contributed by atoms with Crippen LogP contribution in [-0.2, 0) is 4.79 Å². The molecule has 1 N–H and O–H groups in total. The molecule has 0 aliphatic carbocycles. The lowest BCUT2D eigenvalue weighted by Gasteiger charge is -2.15. The van der Waals surface area contributed by atoms with Gasteiger partial charge < -0.3 is 19.5 Å². The van der Waals surface area contributed by atoms with Gasteiger partial charge >= 0.3 is 0 Å². The Morgan fingerprint density at radius 2 is 1.86 bits per heavy atom. The van der Waals surface area contributed by atoms with E-state index in [2.05, 4.69) is 5.32 Å². The van der Waals surface area contributed by atoms with Crippen molar-refractivity contribution in [3.05, 3.63) is 52.6 Å². The van der Waals surface area contributed by atoms with Gasteiger partial charge in [-0.25, -0.2) is 0 Å². The van der Waals surface area contributed by atoms with E-state index in [0.29, 0.717) is 33.5 Å². The van der Waals surface area contributed by atoms with Crippen LogP contribution in [0.2, 0.25) is 5.02 Å². The molecule has 0 aliphatic heterocycles. The van der Waals surface area contributed by atoms with Gasteiger partial charge in [0.25, 0.3) is 5.91 Å². The number of nitriles is 1. The average Bonchev–Trinajstić information content (AvgIpc) is 2.67. The van der Waals surface area contributed by atoms with Gasteiger partial charge in [-0.05, 0) is 49.8 Å². The summed E-state index contributed by atoms with van der Waals surface area (Å²) >= 11 is 6.30. The van der Waals surface area contributed by atoms with Crippen molar-refractivity contribution in [2.45, 2.75) is 20.0 Å². The number of carbonyl (C=O) groups is 1. The molecule has 2 aromatic carbocycles. The van der Waals surface area contributed by atoms with Gasteiger partial charge in [0.15, 0.2) is 11.5 Å². The molecule has 0 heterocycles. The topological polar surface area (TPSA) is 80.6 Å². The number of rotatable bonds is 7. The number of benzene rings is 2. The lowest BCUT2D eigenvalue weighted by molar-refractivity contribution is -0.112. The Morgan fingerprint density at radius 1 is 1.18 bits per heavy atom. The van der Waals surface area contributed by atoms with Crippen LogP contribution in [0.3, 0.4) is 0 Å². The van der Waals surface area contributed by atoms with Gasteiger partial charge in [-0.2, -0.15) is 5.26 Å². The zero-order chi connectivity index (χ0) is 20.7. The second-order valence-corrected chi connectivity index (χ2v) is 6.43. The summed E-state index contributed by atoms with van der Waals surface area (Å²) in [5.74, 6) is 0.751. The number of halogens is 1. The monoisotopic (exact) mass is 400 g/mol. The lowest BCUT2D eigenvalue weighted by atomic mass is 10.1. The number of nitrogens with one attached hydrogen (secondary N) is 1. The Kier molecular flexibility index (Phi) is 7.30. The third-order valence-electron chi connectivity index (χ3n) is 3.64. The van der Waals surface area contributed by atoms with Crippen molar-refractivity contribution >= 4 is 29.3 Å². The number of nitrogens with zero attached hydrogens (tertiary/aromatic N) is 1. The minimum Gasteiger partial charge on any atom is -0.495 e. The molecule has 2 rings (SSSR count). The summed E-state index contributed by atoms with van der Waals surface area (Å²) in [6, 6.07) is 12.1. The summed E-state index contributed by atoms with van der Waals surface area (Å²) < 4.78 is 16.2. The number of hydrogen-bond donors (Lipinski definition) is 1. The first-order valence-electron chi connectivity index (χ1n) is 8.50. The van der Waals surface area contributed by atoms with Crippen LogP contribution in [0.15, 0.2) is 42.0 Å². The number of methoxy groups -OCH3 is 2. The summed E-state index contributed by atoms with van der Waals surface area (Å²) in [6.45, 7) is 3.75. The number of hydrogen-bond acceptors (Lipinski definition) is 5. The number of ether oxygens (including phenoxy) is 3. The van der Waals surface area contributed by atoms with Crippen molar-refractivity contribution in [1.29, 1.82) is 5.26 Å². The summed E-state index contributed by atoms with van der Waals surface area (Å²) in [6.07, 6.45) is 1.34. The number of anilines is 1. The van der Waals surface area contributed by atoms with Crippen molar-refractivity contribution in [3.8, 4) is 23.3 Å². The molecular weight excluding hydrogens is 380 g/mol. The maximum Gasteiger partial charge on any atom is 0.266 e. The molecule has 0 spiro atoms. The van der Waals surface area contributed by atoms with E-state index in [-0.39, 0.29) is 11.7 Å². The molecule has 28 heavy (non-hydrogen) atoms. The normalized spacial score (nSPS) is 11.0. The van der Waals surface area contributed by atoms with Gasteiger partial charge in [0.2, 0.25) is 0 Å². The predicted molar refractivity (Wildman–Crippen MR) is 109 cm³/mol. The Hall–Kier alpha value is -3.17. The van der Waals surface area contributed by atoms with E-state index in [1.54, 1.807) is 36.4 Å². The van der Waals surface area contributed by atoms with E-state index < -0.39 is 5.91 Å². The molecule has 0 radical (unpaired) electrons.